The molecule has 0 radical (unpaired) electrons. The first-order chi connectivity index (χ1) is 23.4. The number of hydrogen-bond donors (Lipinski definition) is 0. The van der Waals surface area contributed by atoms with Gasteiger partial charge in [-0.2, -0.15) is 0 Å². The van der Waals surface area contributed by atoms with Gasteiger partial charge in [0.15, 0.2) is 0 Å². The molecule has 0 aliphatic heterocycles. The fourth-order valence-electron chi connectivity index (χ4n) is 7.36. The van der Waals surface area contributed by atoms with E-state index in [1.807, 2.05) is 0 Å². The minimum atomic E-state index is 0.170. The van der Waals surface area contributed by atoms with Gasteiger partial charge in [0.1, 0.15) is 0 Å². The molecule has 2 unspecified atom stereocenters. The Morgan fingerprint density at radius 3 is 1.71 bits per heavy atom. The highest BCUT2D eigenvalue weighted by Gasteiger charge is 2.35. The highest BCUT2D eigenvalue weighted by atomic mass is 15.2. The van der Waals surface area contributed by atoms with Crippen LogP contribution in [0.3, 0.4) is 0 Å². The maximum atomic E-state index is 4.22. The van der Waals surface area contributed by atoms with Crippen molar-refractivity contribution >= 4 is 39.6 Å². The van der Waals surface area contributed by atoms with Gasteiger partial charge in [-0.05, 0) is 98.3 Å². The molecule has 0 heterocycles. The van der Waals surface area contributed by atoms with E-state index in [0.717, 1.165) is 17.7 Å². The molecule has 0 fully saturated rings. The molecule has 8 rings (SSSR count). The third-order valence-corrected chi connectivity index (χ3v) is 9.92. The molecule has 3 aliphatic rings. The zero-order chi connectivity index (χ0) is 32.8. The van der Waals surface area contributed by atoms with Crippen LogP contribution < -0.4 is 9.80 Å². The topological polar surface area (TPSA) is 6.48 Å². The fourth-order valence-corrected chi connectivity index (χ4v) is 7.36. The summed E-state index contributed by atoms with van der Waals surface area (Å²) in [6.07, 6.45) is 19.2. The number of hydrogen-bond acceptors (Lipinski definition) is 2. The number of nitrogens with zero attached hydrogens (tertiary/aromatic N) is 2. The quantitative estimate of drug-likeness (QED) is 0.186. The SMILES string of the molecule is C=C1C=CC(N(c2ccc(C)cc2)c2cc3c(c4ccccc24)C=C(N(c2ccc(C)cc2)c2ccc(C)cc2)C2C=CC=CC32)=CC1. The molecule has 0 saturated heterocycles. The van der Waals surface area contributed by atoms with Crippen LogP contribution in [0, 0.1) is 26.7 Å². The van der Waals surface area contributed by atoms with Gasteiger partial charge in [-0.1, -0.05) is 126 Å². The Balaban J connectivity index is 1.38. The van der Waals surface area contributed by atoms with Crippen molar-refractivity contribution in [2.24, 2.45) is 5.92 Å². The summed E-state index contributed by atoms with van der Waals surface area (Å²) in [6.45, 7) is 10.7. The first-order valence-corrected chi connectivity index (χ1v) is 16.9. The van der Waals surface area contributed by atoms with Crippen molar-refractivity contribution < 1.29 is 0 Å². The molecule has 0 spiro atoms. The van der Waals surface area contributed by atoms with Gasteiger partial charge in [-0.15, -0.1) is 0 Å². The minimum Gasteiger partial charge on any atom is -0.314 e. The zero-order valence-electron chi connectivity index (χ0n) is 27.9. The molecule has 0 N–H and O–H groups in total. The van der Waals surface area contributed by atoms with E-state index in [0.29, 0.717) is 0 Å². The van der Waals surface area contributed by atoms with Crippen LogP contribution in [0.4, 0.5) is 22.7 Å². The van der Waals surface area contributed by atoms with Crippen LogP contribution in [0.5, 0.6) is 0 Å². The lowest BCUT2D eigenvalue weighted by Crippen LogP contribution is -2.29. The standard InChI is InChI=1S/C46H40N2/c1-31-13-21-35(22-14-31)47(36-23-15-32(2)16-24-36)45-29-43-40-10-6-8-12-42(40)46(30-44(43)39-9-5-7-11-41(39)45)48(37-25-17-33(3)18-26-37)38-27-19-34(4)20-28-38/h5-13,15-30,40,42H,1,14H2,2-4H3. The molecule has 234 valence electrons. The lowest BCUT2D eigenvalue weighted by Gasteiger charge is -2.40. The van der Waals surface area contributed by atoms with Crippen molar-refractivity contribution in [3.63, 3.8) is 0 Å². The van der Waals surface area contributed by atoms with Crippen molar-refractivity contribution in [3.8, 4) is 0 Å². The molecule has 2 nitrogen and oxygen atoms in total. The summed E-state index contributed by atoms with van der Waals surface area (Å²) in [7, 11) is 0. The second-order valence-corrected chi connectivity index (χ2v) is 13.3. The number of anilines is 4. The van der Waals surface area contributed by atoms with Gasteiger partial charge in [0.25, 0.3) is 0 Å². The summed E-state index contributed by atoms with van der Waals surface area (Å²) >= 11 is 0. The molecule has 0 saturated carbocycles. The van der Waals surface area contributed by atoms with Crippen molar-refractivity contribution in [1.29, 1.82) is 0 Å². The van der Waals surface area contributed by atoms with Crippen LogP contribution in [-0.2, 0) is 0 Å². The molecule has 3 aliphatic carbocycles. The van der Waals surface area contributed by atoms with E-state index in [1.165, 1.54) is 67.0 Å². The average molecular weight is 621 g/mol. The second kappa shape index (κ2) is 12.2. The normalized spacial score (nSPS) is 17.9. The maximum Gasteiger partial charge on any atom is 0.0543 e. The molecular weight excluding hydrogens is 581 g/mol. The first kappa shape index (κ1) is 29.8. The molecule has 5 aromatic rings. The van der Waals surface area contributed by atoms with Crippen molar-refractivity contribution in [2.75, 3.05) is 9.80 Å². The molecule has 2 atom stereocenters. The van der Waals surface area contributed by atoms with Crippen LogP contribution in [0.25, 0.3) is 16.8 Å². The second-order valence-electron chi connectivity index (χ2n) is 13.3. The van der Waals surface area contributed by atoms with Crippen molar-refractivity contribution in [1.82, 2.24) is 0 Å². The van der Waals surface area contributed by atoms with E-state index < -0.39 is 0 Å². The molecule has 5 aromatic carbocycles. The number of rotatable bonds is 6. The monoisotopic (exact) mass is 620 g/mol. The molecule has 0 bridgehead atoms. The van der Waals surface area contributed by atoms with E-state index in [4.69, 9.17) is 0 Å². The highest BCUT2D eigenvalue weighted by molar-refractivity contribution is 6.04. The van der Waals surface area contributed by atoms with Gasteiger partial charge in [-0.3, -0.25) is 0 Å². The lowest BCUT2D eigenvalue weighted by molar-refractivity contribution is 0.644. The third kappa shape index (κ3) is 5.34. The lowest BCUT2D eigenvalue weighted by atomic mass is 9.73. The Hall–Kier alpha value is -5.60. The molecule has 0 aromatic heterocycles. The van der Waals surface area contributed by atoms with Crippen molar-refractivity contribution in [3.05, 3.63) is 197 Å². The van der Waals surface area contributed by atoms with E-state index in [1.54, 1.807) is 0 Å². The van der Waals surface area contributed by atoms with Crippen LogP contribution in [-0.4, -0.2) is 0 Å². The Morgan fingerprint density at radius 2 is 1.15 bits per heavy atom. The number of fused-ring (bicyclic) bond motifs is 5. The summed E-state index contributed by atoms with van der Waals surface area (Å²) in [5.74, 6) is 0.353. The average Bonchev–Trinajstić information content (AvgIpc) is 3.12. The third-order valence-electron chi connectivity index (χ3n) is 9.92. The van der Waals surface area contributed by atoms with Gasteiger partial charge < -0.3 is 9.80 Å². The Bertz CT molecular complexity index is 2140. The summed E-state index contributed by atoms with van der Waals surface area (Å²) in [5, 5.41) is 2.50. The summed E-state index contributed by atoms with van der Waals surface area (Å²) in [5.41, 5.74) is 14.7. The summed E-state index contributed by atoms with van der Waals surface area (Å²) < 4.78 is 0. The maximum absolute atomic E-state index is 4.22. The van der Waals surface area contributed by atoms with Crippen LogP contribution in [0.1, 0.15) is 40.2 Å². The number of benzene rings is 5. The van der Waals surface area contributed by atoms with Crippen LogP contribution in [0.15, 0.2) is 169 Å². The van der Waals surface area contributed by atoms with E-state index >= 15 is 0 Å². The molecule has 0 amide bonds. The smallest absolute Gasteiger partial charge is 0.0543 e. The summed E-state index contributed by atoms with van der Waals surface area (Å²) in [6, 6.07) is 38.2. The molecular formula is C46H40N2. The Morgan fingerprint density at radius 1 is 0.604 bits per heavy atom. The van der Waals surface area contributed by atoms with Crippen molar-refractivity contribution in [2.45, 2.75) is 33.1 Å². The summed E-state index contributed by atoms with van der Waals surface area (Å²) in [4.78, 5) is 4.90. The Kier molecular flexibility index (Phi) is 7.57. The van der Waals surface area contributed by atoms with Gasteiger partial charge in [-0.25, -0.2) is 0 Å². The molecule has 2 heteroatoms. The van der Waals surface area contributed by atoms with E-state index in [9.17, 15) is 0 Å². The van der Waals surface area contributed by atoms with E-state index in [-0.39, 0.29) is 11.8 Å². The Labute approximate surface area is 284 Å². The minimum absolute atomic E-state index is 0.170. The van der Waals surface area contributed by atoms with E-state index in [2.05, 4.69) is 189 Å². The predicted octanol–water partition coefficient (Wildman–Crippen LogP) is 12.3. The molecule has 48 heavy (non-hydrogen) atoms. The number of allylic oxidation sites excluding steroid dienone is 8. The zero-order valence-corrected chi connectivity index (χ0v) is 27.9. The van der Waals surface area contributed by atoms with Crippen LogP contribution in [0.2, 0.25) is 0 Å². The van der Waals surface area contributed by atoms with Gasteiger partial charge in [0, 0.05) is 45.7 Å². The predicted molar refractivity (Wildman–Crippen MR) is 205 cm³/mol. The number of aryl methyl sites for hydroxylation is 3. The van der Waals surface area contributed by atoms with Gasteiger partial charge in [0.2, 0.25) is 0 Å². The highest BCUT2D eigenvalue weighted by Crippen LogP contribution is 2.51. The van der Waals surface area contributed by atoms with Crippen LogP contribution >= 0.6 is 0 Å². The van der Waals surface area contributed by atoms with Gasteiger partial charge >= 0.3 is 0 Å². The first-order valence-electron chi connectivity index (χ1n) is 16.9. The fraction of sp³-hybridized carbons (Fsp3) is 0.130. The van der Waals surface area contributed by atoms with Gasteiger partial charge in [0.05, 0.1) is 5.69 Å². The largest absolute Gasteiger partial charge is 0.314 e.